The molecule has 3 heteroatoms. The second-order valence-electron chi connectivity index (χ2n) is 2.32. The van der Waals surface area contributed by atoms with Gasteiger partial charge in [0.2, 0.25) is 0 Å². The van der Waals surface area contributed by atoms with Crippen LogP contribution < -0.4 is 0 Å². The predicted molar refractivity (Wildman–Crippen MR) is 38.5 cm³/mol. The standard InChI is InChI=1S/C5H15O2P/c1-3-4-5-8(2,6)7/h6-8H,3-5H2,1-2H3. The van der Waals surface area contributed by atoms with E-state index in [1.165, 1.54) is 0 Å². The van der Waals surface area contributed by atoms with Gasteiger partial charge in [0.25, 0.3) is 0 Å². The van der Waals surface area contributed by atoms with Gasteiger partial charge in [-0.1, -0.05) is 0 Å². The molecule has 2 nitrogen and oxygen atoms in total. The summed E-state index contributed by atoms with van der Waals surface area (Å²) in [5, 5.41) is 0. The Kier molecular flexibility index (Phi) is 3.54. The van der Waals surface area contributed by atoms with Crippen molar-refractivity contribution < 1.29 is 9.79 Å². The van der Waals surface area contributed by atoms with Crippen molar-refractivity contribution in [3.8, 4) is 0 Å². The first kappa shape index (κ1) is 8.35. The maximum absolute atomic E-state index is 8.84. The molecule has 0 rings (SSSR count). The Hall–Kier alpha value is 0.350. The average molecular weight is 138 g/mol. The van der Waals surface area contributed by atoms with Crippen LogP contribution in [0.15, 0.2) is 0 Å². The van der Waals surface area contributed by atoms with E-state index >= 15 is 0 Å². The van der Waals surface area contributed by atoms with Gasteiger partial charge >= 0.3 is 50.1 Å². The Bertz CT molecular complexity index is 57.9. The van der Waals surface area contributed by atoms with Gasteiger partial charge in [-0.05, 0) is 0 Å². The molecule has 0 saturated carbocycles. The molecule has 0 aliphatic carbocycles. The third kappa shape index (κ3) is 6.35. The van der Waals surface area contributed by atoms with Gasteiger partial charge in [0.05, 0.1) is 0 Å². The van der Waals surface area contributed by atoms with Crippen LogP contribution in [0.5, 0.6) is 0 Å². The van der Waals surface area contributed by atoms with Gasteiger partial charge in [-0.25, -0.2) is 0 Å². The van der Waals surface area contributed by atoms with Crippen molar-refractivity contribution in [2.45, 2.75) is 19.8 Å². The number of hydrogen-bond acceptors (Lipinski definition) is 2. The topological polar surface area (TPSA) is 40.5 Å². The zero-order valence-electron chi connectivity index (χ0n) is 5.52. The van der Waals surface area contributed by atoms with Crippen LogP contribution in [0.2, 0.25) is 0 Å². The molecular formula is C5H15O2P. The average Bonchev–Trinajstić information content (AvgIpc) is 1.59. The molecule has 0 heterocycles. The molecule has 0 radical (unpaired) electrons. The van der Waals surface area contributed by atoms with Crippen LogP contribution in [0.4, 0.5) is 0 Å². The summed E-state index contributed by atoms with van der Waals surface area (Å²) in [5.74, 6) is 0. The van der Waals surface area contributed by atoms with E-state index in [9.17, 15) is 0 Å². The van der Waals surface area contributed by atoms with E-state index in [4.69, 9.17) is 9.79 Å². The molecular weight excluding hydrogens is 123 g/mol. The fourth-order valence-corrected chi connectivity index (χ4v) is 1.54. The van der Waals surface area contributed by atoms with E-state index in [2.05, 4.69) is 0 Å². The Labute approximate surface area is 51.0 Å². The maximum atomic E-state index is 8.84. The molecule has 0 spiro atoms. The molecule has 0 aromatic rings. The molecule has 2 N–H and O–H groups in total. The van der Waals surface area contributed by atoms with Gasteiger partial charge in [-0.3, -0.25) is 0 Å². The first-order valence-corrected chi connectivity index (χ1v) is 5.61. The zero-order valence-corrected chi connectivity index (χ0v) is 6.52. The molecule has 0 aromatic heterocycles. The third-order valence-corrected chi connectivity index (χ3v) is 2.30. The molecule has 0 amide bonds. The van der Waals surface area contributed by atoms with Crippen molar-refractivity contribution >= 4 is 7.72 Å². The van der Waals surface area contributed by atoms with E-state index in [1.54, 1.807) is 6.66 Å². The van der Waals surface area contributed by atoms with Crippen molar-refractivity contribution in [1.82, 2.24) is 0 Å². The molecule has 0 atom stereocenters. The molecule has 52 valence electrons. The molecule has 0 aliphatic rings. The van der Waals surface area contributed by atoms with Crippen LogP contribution in [0, 0.1) is 0 Å². The fourth-order valence-electron chi connectivity index (χ4n) is 0.512. The summed E-state index contributed by atoms with van der Waals surface area (Å²) in [7, 11) is -2.68. The Morgan fingerprint density at radius 1 is 1.38 bits per heavy atom. The molecule has 0 aromatic carbocycles. The summed E-state index contributed by atoms with van der Waals surface area (Å²) < 4.78 is 0. The van der Waals surface area contributed by atoms with Crippen LogP contribution in [0.1, 0.15) is 19.8 Å². The minimum atomic E-state index is -2.68. The summed E-state index contributed by atoms with van der Waals surface area (Å²) >= 11 is 0. The van der Waals surface area contributed by atoms with Crippen LogP contribution in [-0.4, -0.2) is 22.6 Å². The van der Waals surface area contributed by atoms with E-state index in [1.807, 2.05) is 6.92 Å². The van der Waals surface area contributed by atoms with E-state index in [-0.39, 0.29) is 0 Å². The van der Waals surface area contributed by atoms with Crippen LogP contribution in [0.25, 0.3) is 0 Å². The van der Waals surface area contributed by atoms with Crippen molar-refractivity contribution in [1.29, 1.82) is 0 Å². The zero-order chi connectivity index (χ0) is 6.62. The SMILES string of the molecule is CCCC[PH](C)(O)O. The van der Waals surface area contributed by atoms with Crippen LogP contribution in [0.3, 0.4) is 0 Å². The molecule has 0 bridgehead atoms. The van der Waals surface area contributed by atoms with Crippen molar-refractivity contribution in [2.24, 2.45) is 0 Å². The van der Waals surface area contributed by atoms with Gasteiger partial charge in [-0.15, -0.1) is 0 Å². The summed E-state index contributed by atoms with van der Waals surface area (Å²) in [4.78, 5) is 17.7. The van der Waals surface area contributed by atoms with Crippen LogP contribution in [-0.2, 0) is 0 Å². The van der Waals surface area contributed by atoms with Crippen molar-refractivity contribution in [3.63, 3.8) is 0 Å². The van der Waals surface area contributed by atoms with Gasteiger partial charge in [0.15, 0.2) is 0 Å². The van der Waals surface area contributed by atoms with Gasteiger partial charge in [-0.2, -0.15) is 0 Å². The summed E-state index contributed by atoms with van der Waals surface area (Å²) in [5.41, 5.74) is 0. The second kappa shape index (κ2) is 3.39. The monoisotopic (exact) mass is 138 g/mol. The summed E-state index contributed by atoms with van der Waals surface area (Å²) in [6.45, 7) is 3.59. The number of rotatable bonds is 3. The minimum absolute atomic E-state index is 0.615. The Morgan fingerprint density at radius 3 is 2.00 bits per heavy atom. The fraction of sp³-hybridized carbons (Fsp3) is 1.00. The first-order valence-electron chi connectivity index (χ1n) is 3.01. The summed E-state index contributed by atoms with van der Waals surface area (Å²) in [6, 6.07) is 0. The van der Waals surface area contributed by atoms with E-state index in [0.29, 0.717) is 6.16 Å². The number of hydrogen-bond donors (Lipinski definition) is 2. The first-order chi connectivity index (χ1) is 3.56. The molecule has 8 heavy (non-hydrogen) atoms. The molecule has 0 fully saturated rings. The Morgan fingerprint density at radius 2 is 1.88 bits per heavy atom. The van der Waals surface area contributed by atoms with E-state index in [0.717, 1.165) is 12.8 Å². The summed E-state index contributed by atoms with van der Waals surface area (Å²) in [6.07, 6.45) is 2.60. The quantitative estimate of drug-likeness (QED) is 0.571. The van der Waals surface area contributed by atoms with Crippen LogP contribution >= 0.6 is 7.72 Å². The van der Waals surface area contributed by atoms with Crippen molar-refractivity contribution in [3.05, 3.63) is 0 Å². The van der Waals surface area contributed by atoms with Crippen molar-refractivity contribution in [2.75, 3.05) is 12.8 Å². The number of unbranched alkanes of at least 4 members (excludes halogenated alkanes) is 1. The van der Waals surface area contributed by atoms with E-state index < -0.39 is 7.72 Å². The third-order valence-electron chi connectivity index (χ3n) is 1.00. The molecule has 0 unspecified atom stereocenters. The normalized spacial score (nSPS) is 14.0. The predicted octanol–water partition coefficient (Wildman–Crippen LogP) is 0.981. The van der Waals surface area contributed by atoms with Gasteiger partial charge < -0.3 is 0 Å². The molecule has 0 saturated heterocycles. The second-order valence-corrected chi connectivity index (χ2v) is 5.25. The molecule has 0 aliphatic heterocycles. The van der Waals surface area contributed by atoms with Gasteiger partial charge in [0.1, 0.15) is 0 Å². The Balaban J connectivity index is 3.11. The van der Waals surface area contributed by atoms with Gasteiger partial charge in [0, 0.05) is 0 Å².